The first-order valence-corrected chi connectivity index (χ1v) is 8.99. The molecular weight excluding hydrogens is 354 g/mol. The summed E-state index contributed by atoms with van der Waals surface area (Å²) >= 11 is 12.0. The monoisotopic (exact) mass is 377 g/mol. The van der Waals surface area contributed by atoms with Gasteiger partial charge < -0.3 is 20.2 Å². The van der Waals surface area contributed by atoms with Gasteiger partial charge >= 0.3 is 0 Å². The zero-order valence-corrected chi connectivity index (χ0v) is 16.1. The molecule has 0 spiro atoms. The van der Waals surface area contributed by atoms with Crippen molar-refractivity contribution in [2.75, 3.05) is 32.1 Å². The summed E-state index contributed by atoms with van der Waals surface area (Å²) in [7, 11) is 4.10. The molecule has 0 atom stereocenters. The van der Waals surface area contributed by atoms with Crippen molar-refractivity contribution in [1.29, 1.82) is 0 Å². The lowest BCUT2D eigenvalue weighted by Crippen LogP contribution is -2.40. The average molecular weight is 378 g/mol. The van der Waals surface area contributed by atoms with Crippen LogP contribution in [0.15, 0.2) is 48.5 Å². The van der Waals surface area contributed by atoms with Crippen LogP contribution in [-0.4, -0.2) is 42.3 Å². The number of phenolic OH excluding ortho intramolecular Hbond substituents is 1. The van der Waals surface area contributed by atoms with Crippen LogP contribution in [0.4, 0.5) is 5.69 Å². The van der Waals surface area contributed by atoms with Crippen LogP contribution in [0.2, 0.25) is 5.02 Å². The normalized spacial score (nSPS) is 10.7. The predicted molar refractivity (Wildman–Crippen MR) is 110 cm³/mol. The molecule has 6 heteroatoms. The molecule has 25 heavy (non-hydrogen) atoms. The third-order valence-electron chi connectivity index (χ3n) is 3.77. The Bertz CT molecular complexity index is 709. The second kappa shape index (κ2) is 9.61. The van der Waals surface area contributed by atoms with Crippen molar-refractivity contribution in [3.63, 3.8) is 0 Å². The molecule has 0 amide bonds. The van der Waals surface area contributed by atoms with Crippen molar-refractivity contribution in [2.45, 2.75) is 13.0 Å². The highest BCUT2D eigenvalue weighted by molar-refractivity contribution is 7.80. The average Bonchev–Trinajstić information content (AvgIpc) is 2.58. The maximum absolute atomic E-state index is 10.1. The Morgan fingerprint density at radius 3 is 2.48 bits per heavy atom. The molecule has 0 heterocycles. The van der Waals surface area contributed by atoms with E-state index in [4.69, 9.17) is 23.8 Å². The third-order valence-corrected chi connectivity index (χ3v) is 4.45. The summed E-state index contributed by atoms with van der Waals surface area (Å²) in [5.74, 6) is 0.245. The van der Waals surface area contributed by atoms with Gasteiger partial charge in [0.1, 0.15) is 5.75 Å². The lowest BCUT2D eigenvalue weighted by atomic mass is 10.2. The summed E-state index contributed by atoms with van der Waals surface area (Å²) in [5.41, 5.74) is 1.61. The van der Waals surface area contributed by atoms with E-state index < -0.39 is 0 Å². The Labute approximate surface area is 160 Å². The summed E-state index contributed by atoms with van der Waals surface area (Å²) in [4.78, 5) is 4.06. The van der Waals surface area contributed by atoms with Crippen molar-refractivity contribution >= 4 is 34.6 Å². The van der Waals surface area contributed by atoms with Crippen LogP contribution in [-0.2, 0) is 6.54 Å². The predicted octanol–water partition coefficient (Wildman–Crippen LogP) is 3.88. The summed E-state index contributed by atoms with van der Waals surface area (Å²) in [6.45, 7) is 2.20. The van der Waals surface area contributed by atoms with E-state index >= 15 is 0 Å². The van der Waals surface area contributed by atoms with E-state index in [1.54, 1.807) is 12.1 Å². The fraction of sp³-hybridized carbons (Fsp3) is 0.316. The van der Waals surface area contributed by atoms with Gasteiger partial charge in [0.25, 0.3) is 0 Å². The molecule has 134 valence electrons. The fourth-order valence-corrected chi connectivity index (χ4v) is 2.94. The van der Waals surface area contributed by atoms with Gasteiger partial charge in [0.15, 0.2) is 5.11 Å². The maximum Gasteiger partial charge on any atom is 0.173 e. The first-order valence-electron chi connectivity index (χ1n) is 8.20. The van der Waals surface area contributed by atoms with Gasteiger partial charge in [0.05, 0.1) is 17.3 Å². The first-order chi connectivity index (χ1) is 12.0. The zero-order valence-electron chi connectivity index (χ0n) is 14.6. The minimum absolute atomic E-state index is 0.245. The minimum Gasteiger partial charge on any atom is -0.508 e. The molecule has 0 radical (unpaired) electrons. The summed E-state index contributed by atoms with van der Waals surface area (Å²) < 4.78 is 0. The van der Waals surface area contributed by atoms with Crippen LogP contribution in [0.1, 0.15) is 12.0 Å². The van der Waals surface area contributed by atoms with Crippen LogP contribution >= 0.6 is 23.8 Å². The van der Waals surface area contributed by atoms with Gasteiger partial charge in [-0.25, -0.2) is 0 Å². The number of aromatic hydroxyl groups is 1. The Morgan fingerprint density at radius 1 is 1.12 bits per heavy atom. The van der Waals surface area contributed by atoms with E-state index in [9.17, 15) is 5.11 Å². The van der Waals surface area contributed by atoms with Crippen LogP contribution < -0.4 is 10.2 Å². The van der Waals surface area contributed by atoms with Gasteiger partial charge in [-0.3, -0.25) is 0 Å². The molecule has 4 nitrogen and oxygen atoms in total. The molecular formula is C19H24ClN3OS. The lowest BCUT2D eigenvalue weighted by Gasteiger charge is -2.27. The largest absolute Gasteiger partial charge is 0.508 e. The number of nitrogens with zero attached hydrogens (tertiary/aromatic N) is 2. The first kappa shape index (κ1) is 19.5. The topological polar surface area (TPSA) is 38.7 Å². The van der Waals surface area contributed by atoms with Gasteiger partial charge in [-0.05, 0) is 57.5 Å². The van der Waals surface area contributed by atoms with Gasteiger partial charge in [-0.15, -0.1) is 0 Å². The molecule has 2 rings (SSSR count). The molecule has 0 fully saturated rings. The second-order valence-corrected chi connectivity index (χ2v) is 6.85. The number of para-hydroxylation sites is 2. The Morgan fingerprint density at radius 2 is 1.80 bits per heavy atom. The third kappa shape index (κ3) is 5.88. The van der Waals surface area contributed by atoms with Crippen molar-refractivity contribution < 1.29 is 5.11 Å². The molecule has 2 aromatic carbocycles. The Hall–Kier alpha value is -1.82. The van der Waals surface area contributed by atoms with Gasteiger partial charge in [-0.2, -0.15) is 0 Å². The van der Waals surface area contributed by atoms with Crippen molar-refractivity contribution in [1.82, 2.24) is 10.2 Å². The molecule has 0 aliphatic carbocycles. The molecule has 0 bridgehead atoms. The highest BCUT2D eigenvalue weighted by Crippen LogP contribution is 2.28. The fourth-order valence-electron chi connectivity index (χ4n) is 2.44. The number of anilines is 1. The number of phenols is 1. The van der Waals surface area contributed by atoms with E-state index in [-0.39, 0.29) is 5.75 Å². The molecule has 0 aliphatic heterocycles. The van der Waals surface area contributed by atoms with Crippen molar-refractivity contribution in [3.05, 3.63) is 59.1 Å². The van der Waals surface area contributed by atoms with Crippen LogP contribution in [0.25, 0.3) is 0 Å². The maximum atomic E-state index is 10.1. The lowest BCUT2D eigenvalue weighted by molar-refractivity contribution is 0.400. The van der Waals surface area contributed by atoms with E-state index in [2.05, 4.69) is 10.2 Å². The molecule has 0 saturated carbocycles. The van der Waals surface area contributed by atoms with E-state index in [0.717, 1.165) is 30.8 Å². The standard InChI is InChI=1S/C19H24ClN3OS/c1-22(2)13-7-12-21-19(25)23(17-10-5-4-9-16(17)20)14-15-8-3-6-11-18(15)24/h3-6,8-11,24H,7,12-14H2,1-2H3,(H,21,25). The van der Waals surface area contributed by atoms with E-state index in [1.165, 1.54) is 0 Å². The van der Waals surface area contributed by atoms with Gasteiger partial charge in [0, 0.05) is 12.1 Å². The summed E-state index contributed by atoms with van der Waals surface area (Å²) in [6, 6.07) is 14.8. The number of thiocarbonyl (C=S) groups is 1. The Kier molecular flexibility index (Phi) is 7.50. The highest BCUT2D eigenvalue weighted by atomic mass is 35.5. The molecule has 2 aromatic rings. The van der Waals surface area contributed by atoms with Crippen molar-refractivity contribution in [2.24, 2.45) is 0 Å². The quantitative estimate of drug-likeness (QED) is 0.566. The van der Waals surface area contributed by atoms with Crippen LogP contribution in [0, 0.1) is 0 Å². The van der Waals surface area contributed by atoms with Crippen LogP contribution in [0.5, 0.6) is 5.75 Å². The zero-order chi connectivity index (χ0) is 18.2. The summed E-state index contributed by atoms with van der Waals surface area (Å²) in [5, 5.41) is 14.6. The number of hydrogen-bond acceptors (Lipinski definition) is 3. The SMILES string of the molecule is CN(C)CCCNC(=S)N(Cc1ccccc1O)c1ccccc1Cl. The number of benzene rings is 2. The second-order valence-electron chi connectivity index (χ2n) is 6.06. The number of halogens is 1. The van der Waals surface area contributed by atoms with Gasteiger partial charge in [0.2, 0.25) is 0 Å². The van der Waals surface area contributed by atoms with Crippen LogP contribution in [0.3, 0.4) is 0 Å². The number of nitrogens with one attached hydrogen (secondary N) is 1. The Balaban J connectivity index is 2.16. The summed E-state index contributed by atoms with van der Waals surface area (Å²) in [6.07, 6.45) is 0.986. The van der Waals surface area contributed by atoms with E-state index in [0.29, 0.717) is 16.7 Å². The molecule has 0 aromatic heterocycles. The van der Waals surface area contributed by atoms with Crippen molar-refractivity contribution in [3.8, 4) is 5.75 Å². The van der Waals surface area contributed by atoms with Gasteiger partial charge in [-0.1, -0.05) is 41.9 Å². The number of hydrogen-bond donors (Lipinski definition) is 2. The number of rotatable bonds is 7. The molecule has 0 unspecified atom stereocenters. The highest BCUT2D eigenvalue weighted by Gasteiger charge is 2.16. The molecule has 0 aliphatic rings. The van der Waals surface area contributed by atoms with E-state index in [1.807, 2.05) is 55.4 Å². The molecule has 2 N–H and O–H groups in total. The minimum atomic E-state index is 0.245. The molecule has 0 saturated heterocycles. The smallest absolute Gasteiger partial charge is 0.173 e.